The molecule has 0 aliphatic heterocycles. The zero-order valence-electron chi connectivity index (χ0n) is 35.5. The summed E-state index contributed by atoms with van der Waals surface area (Å²) in [4.78, 5) is 15.0. The van der Waals surface area contributed by atoms with E-state index in [0.717, 1.165) is 37.2 Å². The first kappa shape index (κ1) is 43.4. The summed E-state index contributed by atoms with van der Waals surface area (Å²) in [5, 5.41) is 2.40. The van der Waals surface area contributed by atoms with E-state index < -0.39 is 6.10 Å². The Balaban J connectivity index is 1.13. The normalized spacial score (nSPS) is 12.1. The molecule has 308 valence electrons. The Morgan fingerprint density at radius 2 is 1.10 bits per heavy atom. The lowest BCUT2D eigenvalue weighted by Gasteiger charge is -2.20. The second kappa shape index (κ2) is 21.7. The van der Waals surface area contributed by atoms with Gasteiger partial charge in [-0.3, -0.25) is 4.79 Å². The van der Waals surface area contributed by atoms with Crippen LogP contribution in [0.4, 0.5) is 0 Å². The van der Waals surface area contributed by atoms with Gasteiger partial charge >= 0.3 is 5.97 Å². The van der Waals surface area contributed by atoms with E-state index in [1.165, 1.54) is 102 Å². The predicted molar refractivity (Wildman–Crippen MR) is 246 cm³/mol. The summed E-state index contributed by atoms with van der Waals surface area (Å²) >= 11 is 3.60. The van der Waals surface area contributed by atoms with Crippen LogP contribution in [0.1, 0.15) is 109 Å². The van der Waals surface area contributed by atoms with Gasteiger partial charge in [0.25, 0.3) is 0 Å². The van der Waals surface area contributed by atoms with Crippen molar-refractivity contribution >= 4 is 48.8 Å². The van der Waals surface area contributed by atoms with Crippen LogP contribution in [0.3, 0.4) is 0 Å². The van der Waals surface area contributed by atoms with Gasteiger partial charge in [-0.25, -0.2) is 0 Å². The smallest absolute Gasteiger partial charge is 0.310 e. The van der Waals surface area contributed by atoms with Crippen LogP contribution in [0.2, 0.25) is 0 Å². The molecule has 5 nitrogen and oxygen atoms in total. The maximum absolute atomic E-state index is 12.4. The molecule has 1 atom stereocenters. The Bertz CT molecular complexity index is 2090. The molecule has 0 amide bonds. The molecule has 0 N–H and O–H groups in total. The van der Waals surface area contributed by atoms with Crippen molar-refractivity contribution < 1.29 is 23.7 Å². The number of ether oxygens (including phenoxy) is 4. The Morgan fingerprint density at radius 1 is 0.603 bits per heavy atom. The third-order valence-corrected chi connectivity index (χ3v) is 13.4. The summed E-state index contributed by atoms with van der Waals surface area (Å²) in [6, 6.07) is 31.1. The first-order valence-corrected chi connectivity index (χ1v) is 23.3. The number of hydrogen-bond donors (Lipinski definition) is 0. The highest BCUT2D eigenvalue weighted by molar-refractivity contribution is 7.22. The van der Waals surface area contributed by atoms with Crippen LogP contribution in [0.15, 0.2) is 84.9 Å². The maximum atomic E-state index is 12.4. The quantitative estimate of drug-likeness (QED) is 0.0366. The lowest BCUT2D eigenvalue weighted by molar-refractivity contribution is -0.168. The third kappa shape index (κ3) is 11.5. The molecule has 0 radical (unpaired) electrons. The summed E-state index contributed by atoms with van der Waals surface area (Å²) in [5.74, 6) is 1.08. The number of carbonyl (C=O) groups is 1. The number of fused-ring (bicyclic) bond motifs is 2. The molecule has 1 unspecified atom stereocenters. The SMILES string of the molecule is CCCCCc1ccc(-c2cc3ccc(OCC(COc4ccc5cc(-c6ccc(CCCCC)cc6CC)sc5c4)OCOC(=O)C(C)CC)cc3s2)c(CC)c1. The number of benzene rings is 4. The first-order chi connectivity index (χ1) is 28.3. The van der Waals surface area contributed by atoms with Gasteiger partial charge in [0, 0.05) is 19.2 Å². The molecule has 0 fully saturated rings. The lowest BCUT2D eigenvalue weighted by atomic mass is 9.98. The van der Waals surface area contributed by atoms with Crippen LogP contribution in [0, 0.1) is 5.92 Å². The minimum absolute atomic E-state index is 0.157. The predicted octanol–water partition coefficient (Wildman–Crippen LogP) is 14.4. The van der Waals surface area contributed by atoms with E-state index in [1.807, 2.05) is 26.0 Å². The molecule has 2 aromatic heterocycles. The van der Waals surface area contributed by atoms with Gasteiger partial charge in [0.1, 0.15) is 30.8 Å². The fourth-order valence-corrected chi connectivity index (χ4v) is 9.62. The van der Waals surface area contributed by atoms with Crippen LogP contribution < -0.4 is 9.47 Å². The Labute approximate surface area is 354 Å². The molecule has 0 aliphatic rings. The van der Waals surface area contributed by atoms with Crippen molar-refractivity contribution in [1.29, 1.82) is 0 Å². The number of rotatable bonds is 23. The van der Waals surface area contributed by atoms with Crippen LogP contribution in [0.25, 0.3) is 41.1 Å². The standard InChI is InChI=1S/C51H62O5S2/c1-7-12-14-16-36-18-24-45(38(10-4)26-36)49-28-40-20-22-42(30-47(40)57-49)53-32-44(55-34-56-51(52)35(6)9-3)33-54-43-23-21-41-29-50(58-48(41)31-43)46-25-19-37(17-15-13-8-2)27-39(46)11-5/h18-31,35,44H,7-17,32-34H2,1-6H3. The fraction of sp³-hybridized carbons (Fsp3) is 0.431. The van der Waals surface area contributed by atoms with E-state index in [0.29, 0.717) is 6.42 Å². The van der Waals surface area contributed by atoms with Crippen LogP contribution >= 0.6 is 22.7 Å². The molecule has 0 spiro atoms. The lowest BCUT2D eigenvalue weighted by Crippen LogP contribution is -2.30. The fourth-order valence-electron chi connectivity index (χ4n) is 7.32. The molecule has 58 heavy (non-hydrogen) atoms. The molecule has 4 aromatic carbocycles. The van der Waals surface area contributed by atoms with Crippen molar-refractivity contribution in [3.05, 3.63) is 107 Å². The molecule has 7 heteroatoms. The van der Waals surface area contributed by atoms with Gasteiger partial charge < -0.3 is 18.9 Å². The highest BCUT2D eigenvalue weighted by Gasteiger charge is 2.18. The Kier molecular flexibility index (Phi) is 16.3. The molecule has 6 rings (SSSR count). The highest BCUT2D eigenvalue weighted by Crippen LogP contribution is 2.39. The largest absolute Gasteiger partial charge is 0.491 e. The van der Waals surface area contributed by atoms with Crippen LogP contribution in [-0.2, 0) is 40.0 Å². The molecule has 0 saturated heterocycles. The molecule has 0 bridgehead atoms. The van der Waals surface area contributed by atoms with Gasteiger partial charge in [-0.15, -0.1) is 22.7 Å². The van der Waals surface area contributed by atoms with Crippen molar-refractivity contribution in [1.82, 2.24) is 0 Å². The summed E-state index contributed by atoms with van der Waals surface area (Å²) < 4.78 is 26.6. The summed E-state index contributed by atoms with van der Waals surface area (Å²) in [5.41, 5.74) is 8.30. The molecular formula is C51H62O5S2. The van der Waals surface area contributed by atoms with Crippen LogP contribution in [0.5, 0.6) is 11.5 Å². The molecule has 0 aliphatic carbocycles. The number of unbranched alkanes of at least 4 members (excludes halogenated alkanes) is 4. The maximum Gasteiger partial charge on any atom is 0.310 e. The minimum atomic E-state index is -0.472. The minimum Gasteiger partial charge on any atom is -0.491 e. The van der Waals surface area contributed by atoms with Crippen molar-refractivity contribution in [2.24, 2.45) is 5.92 Å². The first-order valence-electron chi connectivity index (χ1n) is 21.7. The van der Waals surface area contributed by atoms with E-state index in [-0.39, 0.29) is 31.9 Å². The Hall–Kier alpha value is -4.17. The number of thiophene rings is 2. The number of aryl methyl sites for hydroxylation is 4. The number of carbonyl (C=O) groups excluding carboxylic acids is 1. The van der Waals surface area contributed by atoms with Crippen molar-refractivity contribution in [2.45, 2.75) is 118 Å². The third-order valence-electron chi connectivity index (χ3n) is 11.1. The van der Waals surface area contributed by atoms with Gasteiger partial charge in [-0.05, 0) is 138 Å². The van der Waals surface area contributed by atoms with Crippen LogP contribution in [-0.4, -0.2) is 32.1 Å². The zero-order chi connectivity index (χ0) is 40.9. The second-order valence-corrected chi connectivity index (χ2v) is 17.7. The van der Waals surface area contributed by atoms with Gasteiger partial charge in [0.2, 0.25) is 0 Å². The van der Waals surface area contributed by atoms with Crippen molar-refractivity contribution in [3.63, 3.8) is 0 Å². The topological polar surface area (TPSA) is 54.0 Å². The monoisotopic (exact) mass is 818 g/mol. The average molecular weight is 819 g/mol. The number of esters is 1. The summed E-state index contributed by atoms with van der Waals surface area (Å²) in [7, 11) is 0. The molecule has 6 aromatic rings. The second-order valence-electron chi connectivity index (χ2n) is 15.5. The van der Waals surface area contributed by atoms with Gasteiger partial charge in [0.05, 0.1) is 5.92 Å². The zero-order valence-corrected chi connectivity index (χ0v) is 37.1. The Morgan fingerprint density at radius 3 is 1.55 bits per heavy atom. The van der Waals surface area contributed by atoms with Gasteiger partial charge in [-0.1, -0.05) is 104 Å². The summed E-state index contributed by atoms with van der Waals surface area (Å²) in [6.45, 7) is 13.2. The van der Waals surface area contributed by atoms with Crippen molar-refractivity contribution in [2.75, 3.05) is 20.0 Å². The van der Waals surface area contributed by atoms with Gasteiger partial charge in [0.15, 0.2) is 6.79 Å². The van der Waals surface area contributed by atoms with Crippen molar-refractivity contribution in [3.8, 4) is 32.4 Å². The van der Waals surface area contributed by atoms with E-state index in [4.69, 9.17) is 18.9 Å². The van der Waals surface area contributed by atoms with Gasteiger partial charge in [-0.2, -0.15) is 0 Å². The number of hydrogen-bond acceptors (Lipinski definition) is 7. The molecule has 2 heterocycles. The summed E-state index contributed by atoms with van der Waals surface area (Å²) in [6.07, 6.45) is 12.1. The van der Waals surface area contributed by atoms with E-state index in [2.05, 4.69) is 100 Å². The highest BCUT2D eigenvalue weighted by atomic mass is 32.1. The van der Waals surface area contributed by atoms with E-state index in [1.54, 1.807) is 22.7 Å². The van der Waals surface area contributed by atoms with E-state index >= 15 is 0 Å². The van der Waals surface area contributed by atoms with E-state index in [9.17, 15) is 4.79 Å². The average Bonchev–Trinajstić information content (AvgIpc) is 3.88. The molecular weight excluding hydrogens is 757 g/mol. The molecule has 0 saturated carbocycles.